The number of rotatable bonds is 2. The third-order valence-electron chi connectivity index (χ3n) is 4.58. The van der Waals surface area contributed by atoms with E-state index in [-0.39, 0.29) is 28.5 Å². The summed E-state index contributed by atoms with van der Waals surface area (Å²) in [7, 11) is 0. The van der Waals surface area contributed by atoms with Gasteiger partial charge >= 0.3 is 0 Å². The summed E-state index contributed by atoms with van der Waals surface area (Å²) in [4.78, 5) is 12.4. The molecule has 6 heteroatoms. The van der Waals surface area contributed by atoms with Crippen LogP contribution >= 0.6 is 15.9 Å². The lowest BCUT2D eigenvalue weighted by Crippen LogP contribution is -2.36. The molecule has 2 bridgehead atoms. The number of nitrogens with two attached hydrogens (primary N) is 2. The summed E-state index contributed by atoms with van der Waals surface area (Å²) in [5, 5.41) is 8.38. The molecular weight excluding hydrogens is 284 g/mol. The Kier molecular flexibility index (Phi) is 2.80. The Balaban J connectivity index is 2.46. The third-order valence-corrected chi connectivity index (χ3v) is 5.74. The third kappa shape index (κ3) is 1.46. The molecule has 0 saturated heterocycles. The molecule has 0 aromatic heterocycles. The molecule has 2 aliphatic rings. The van der Waals surface area contributed by atoms with Gasteiger partial charge in [0.15, 0.2) is 5.78 Å². The first kappa shape index (κ1) is 12.5. The second-order valence-electron chi connectivity index (χ2n) is 5.31. The number of alkyl halides is 1. The number of hydrogen-bond acceptors (Lipinski definition) is 3. The van der Waals surface area contributed by atoms with Crippen molar-refractivity contribution in [2.45, 2.75) is 26.7 Å². The van der Waals surface area contributed by atoms with Gasteiger partial charge in [0.25, 0.3) is 0 Å². The van der Waals surface area contributed by atoms with Gasteiger partial charge in [-0.15, -0.1) is 10.2 Å². The second kappa shape index (κ2) is 3.80. The highest BCUT2D eigenvalue weighted by Crippen LogP contribution is 2.63. The van der Waals surface area contributed by atoms with Crippen LogP contribution in [0, 0.1) is 16.7 Å². The van der Waals surface area contributed by atoms with Gasteiger partial charge in [-0.25, -0.2) is 0 Å². The van der Waals surface area contributed by atoms with Gasteiger partial charge in [0, 0.05) is 16.7 Å². The number of carbonyl (C=O) groups is 1. The minimum atomic E-state index is -0.334. The van der Waals surface area contributed by atoms with E-state index >= 15 is 0 Å². The SMILES string of the molecule is C[C@]12CC[C@H](/C(=N\N=C(N)N)C1=O)[C@@]2(C)CBr. The molecule has 2 rings (SSSR count). The maximum atomic E-state index is 12.4. The summed E-state index contributed by atoms with van der Waals surface area (Å²) in [6.45, 7) is 4.16. The van der Waals surface area contributed by atoms with Gasteiger partial charge in [-0.05, 0) is 18.3 Å². The molecule has 2 aliphatic carbocycles. The van der Waals surface area contributed by atoms with Crippen LogP contribution in [0.2, 0.25) is 0 Å². The molecule has 0 unspecified atom stereocenters. The van der Waals surface area contributed by atoms with E-state index in [4.69, 9.17) is 11.5 Å². The van der Waals surface area contributed by atoms with Crippen molar-refractivity contribution in [3.63, 3.8) is 0 Å². The van der Waals surface area contributed by atoms with Crippen molar-refractivity contribution in [3.05, 3.63) is 0 Å². The molecule has 17 heavy (non-hydrogen) atoms. The van der Waals surface area contributed by atoms with E-state index in [1.165, 1.54) is 0 Å². The lowest BCUT2D eigenvalue weighted by Gasteiger charge is -2.33. The molecule has 2 fully saturated rings. The zero-order chi connectivity index (χ0) is 12.8. The average Bonchev–Trinajstić information content (AvgIpc) is 2.62. The van der Waals surface area contributed by atoms with Crippen LogP contribution in [0.1, 0.15) is 26.7 Å². The fourth-order valence-electron chi connectivity index (χ4n) is 3.14. The van der Waals surface area contributed by atoms with Crippen molar-refractivity contribution in [3.8, 4) is 0 Å². The van der Waals surface area contributed by atoms with E-state index in [9.17, 15) is 4.79 Å². The van der Waals surface area contributed by atoms with Gasteiger partial charge in [0.05, 0.1) is 0 Å². The molecule has 94 valence electrons. The van der Waals surface area contributed by atoms with Crippen molar-refractivity contribution in [1.82, 2.24) is 0 Å². The first-order valence-corrected chi connectivity index (χ1v) is 6.76. The monoisotopic (exact) mass is 300 g/mol. The average molecular weight is 301 g/mol. The predicted octanol–water partition coefficient (Wildman–Crippen LogP) is 1.02. The molecule has 0 aromatic rings. The highest BCUT2D eigenvalue weighted by Gasteiger charge is 2.66. The minimum Gasteiger partial charge on any atom is -0.369 e. The number of hydrogen-bond donors (Lipinski definition) is 2. The molecule has 0 heterocycles. The summed E-state index contributed by atoms with van der Waals surface area (Å²) in [6, 6.07) is 0. The van der Waals surface area contributed by atoms with Crippen LogP contribution in [0.15, 0.2) is 10.2 Å². The second-order valence-corrected chi connectivity index (χ2v) is 5.87. The summed E-state index contributed by atoms with van der Waals surface area (Å²) < 4.78 is 0. The Morgan fingerprint density at radius 3 is 2.65 bits per heavy atom. The Hall–Kier alpha value is -0.910. The normalized spacial score (nSPS) is 42.2. The Labute approximate surface area is 109 Å². The van der Waals surface area contributed by atoms with Crippen molar-refractivity contribution >= 4 is 33.4 Å². The van der Waals surface area contributed by atoms with Gasteiger partial charge in [-0.3, -0.25) is 4.79 Å². The van der Waals surface area contributed by atoms with Gasteiger partial charge in [-0.1, -0.05) is 29.8 Å². The zero-order valence-corrected chi connectivity index (χ0v) is 11.6. The van der Waals surface area contributed by atoms with Crippen LogP contribution < -0.4 is 11.5 Å². The Morgan fingerprint density at radius 1 is 1.53 bits per heavy atom. The predicted molar refractivity (Wildman–Crippen MR) is 71.0 cm³/mol. The number of fused-ring (bicyclic) bond motifs is 2. The summed E-state index contributed by atoms with van der Waals surface area (Å²) >= 11 is 3.53. The zero-order valence-electron chi connectivity index (χ0n) is 10.0. The van der Waals surface area contributed by atoms with Crippen molar-refractivity contribution < 1.29 is 4.79 Å². The van der Waals surface area contributed by atoms with Gasteiger partial charge in [0.2, 0.25) is 5.96 Å². The van der Waals surface area contributed by atoms with Crippen LogP contribution in [0.25, 0.3) is 0 Å². The highest BCUT2D eigenvalue weighted by molar-refractivity contribution is 9.09. The minimum absolute atomic E-state index is 0.0816. The molecule has 5 nitrogen and oxygen atoms in total. The molecule has 0 aliphatic heterocycles. The van der Waals surface area contributed by atoms with E-state index in [1.54, 1.807) is 0 Å². The van der Waals surface area contributed by atoms with E-state index in [2.05, 4.69) is 33.1 Å². The van der Waals surface area contributed by atoms with E-state index in [0.29, 0.717) is 5.71 Å². The molecular formula is C11H17BrN4O. The van der Waals surface area contributed by atoms with Crippen molar-refractivity contribution in [2.75, 3.05) is 5.33 Å². The Bertz CT molecular complexity index is 429. The summed E-state index contributed by atoms with van der Waals surface area (Å²) in [6.07, 6.45) is 1.89. The largest absolute Gasteiger partial charge is 0.369 e. The molecule has 2 saturated carbocycles. The molecule has 3 atom stereocenters. The van der Waals surface area contributed by atoms with E-state index < -0.39 is 0 Å². The fraction of sp³-hybridized carbons (Fsp3) is 0.727. The molecule has 0 amide bonds. The fourth-order valence-corrected chi connectivity index (χ4v) is 4.15. The summed E-state index contributed by atoms with van der Waals surface area (Å²) in [5.74, 6) is 0.141. The highest BCUT2D eigenvalue weighted by atomic mass is 79.9. The number of guanidine groups is 1. The number of nitrogens with zero attached hydrogens (tertiary/aromatic N) is 2. The van der Waals surface area contributed by atoms with Crippen LogP contribution in [0.4, 0.5) is 0 Å². The smallest absolute Gasteiger partial charge is 0.211 e. The van der Waals surface area contributed by atoms with Crippen LogP contribution in [-0.4, -0.2) is 22.8 Å². The number of ketones is 1. The lowest BCUT2D eigenvalue weighted by molar-refractivity contribution is -0.123. The number of carbonyl (C=O) groups excluding carboxylic acids is 1. The van der Waals surface area contributed by atoms with Crippen LogP contribution in [0.5, 0.6) is 0 Å². The lowest BCUT2D eigenvalue weighted by atomic mass is 9.70. The molecule has 0 radical (unpaired) electrons. The first-order chi connectivity index (χ1) is 7.87. The first-order valence-electron chi connectivity index (χ1n) is 5.64. The van der Waals surface area contributed by atoms with Crippen molar-refractivity contribution in [1.29, 1.82) is 0 Å². The number of halogens is 1. The van der Waals surface area contributed by atoms with E-state index in [1.807, 2.05) is 6.92 Å². The van der Waals surface area contributed by atoms with E-state index in [0.717, 1.165) is 18.2 Å². The molecule has 4 N–H and O–H groups in total. The van der Waals surface area contributed by atoms with Gasteiger partial charge in [0.1, 0.15) is 5.71 Å². The molecule has 0 aromatic carbocycles. The van der Waals surface area contributed by atoms with Crippen molar-refractivity contribution in [2.24, 2.45) is 38.4 Å². The number of Topliss-reactive ketones (excluding diaryl/α,β-unsaturated/α-hetero) is 1. The van der Waals surface area contributed by atoms with Gasteiger partial charge in [-0.2, -0.15) is 0 Å². The topological polar surface area (TPSA) is 93.8 Å². The van der Waals surface area contributed by atoms with Crippen LogP contribution in [-0.2, 0) is 4.79 Å². The Morgan fingerprint density at radius 2 is 2.18 bits per heavy atom. The van der Waals surface area contributed by atoms with Gasteiger partial charge < -0.3 is 11.5 Å². The molecule has 0 spiro atoms. The maximum Gasteiger partial charge on any atom is 0.211 e. The summed E-state index contributed by atoms with van der Waals surface area (Å²) in [5.41, 5.74) is 10.6. The van der Waals surface area contributed by atoms with Crippen LogP contribution in [0.3, 0.4) is 0 Å². The maximum absolute atomic E-state index is 12.4. The standard InChI is InChI=1S/C11H17BrN4O/c1-10-4-3-6(11(10,2)5-12)7(8(10)17)15-16-9(13)14/h6H,3-5H2,1-2H3,(H4,13,14,16)/b15-7+/t6-,10+,11-/m1/s1. The quantitative estimate of drug-likeness (QED) is 0.345.